The molecule has 0 aliphatic carbocycles. The van der Waals surface area contributed by atoms with E-state index in [2.05, 4.69) is 20.9 Å². The van der Waals surface area contributed by atoms with Crippen molar-refractivity contribution < 1.29 is 24.2 Å². The summed E-state index contributed by atoms with van der Waals surface area (Å²) in [5.74, 6) is -0.477. The average molecular weight is 565 g/mol. The van der Waals surface area contributed by atoms with Gasteiger partial charge in [-0.25, -0.2) is 4.98 Å². The molecule has 1 N–H and O–H groups in total. The van der Waals surface area contributed by atoms with Gasteiger partial charge in [0.2, 0.25) is 0 Å². The van der Waals surface area contributed by atoms with Crippen LogP contribution in [0.3, 0.4) is 0 Å². The van der Waals surface area contributed by atoms with Gasteiger partial charge in [-0.3, -0.25) is 14.5 Å². The first kappa shape index (κ1) is 24.0. The number of amides is 1. The van der Waals surface area contributed by atoms with Crippen molar-refractivity contribution in [2.75, 3.05) is 18.6 Å². The molecule has 0 radical (unpaired) electrons. The van der Waals surface area contributed by atoms with Gasteiger partial charge in [0.1, 0.15) is 17.3 Å². The number of benzene rings is 3. The van der Waals surface area contributed by atoms with Gasteiger partial charge in [0.25, 0.3) is 5.78 Å². The number of rotatable bonds is 6. The molecule has 1 aliphatic rings. The van der Waals surface area contributed by atoms with Gasteiger partial charge in [-0.05, 0) is 67.1 Å². The van der Waals surface area contributed by atoms with Crippen LogP contribution in [0.2, 0.25) is 0 Å². The molecule has 0 spiro atoms. The summed E-state index contributed by atoms with van der Waals surface area (Å²) in [4.78, 5) is 32.8. The second-order valence-electron chi connectivity index (χ2n) is 8.01. The SMILES string of the molecule is CCOc1ccc(C(O)=C2C(=O)C(=O)N(c3nc4ccc(OC)cc4s3)[C@H]2c2cccc(Br)c2)cc1. The summed E-state index contributed by atoms with van der Waals surface area (Å²) in [7, 11) is 1.58. The highest BCUT2D eigenvalue weighted by Crippen LogP contribution is 2.45. The van der Waals surface area contributed by atoms with Gasteiger partial charge < -0.3 is 14.6 Å². The number of aliphatic hydroxyl groups is 1. The summed E-state index contributed by atoms with van der Waals surface area (Å²) in [6.07, 6.45) is 0. The van der Waals surface area contributed by atoms with E-state index in [1.807, 2.05) is 37.3 Å². The number of ether oxygens (including phenoxy) is 2. The Morgan fingerprint density at radius 1 is 1.08 bits per heavy atom. The molecule has 36 heavy (non-hydrogen) atoms. The first-order chi connectivity index (χ1) is 17.4. The average Bonchev–Trinajstić information content (AvgIpc) is 3.42. The second-order valence-corrected chi connectivity index (χ2v) is 9.94. The van der Waals surface area contributed by atoms with Gasteiger partial charge in [-0.2, -0.15) is 0 Å². The van der Waals surface area contributed by atoms with Crippen molar-refractivity contribution in [3.05, 3.63) is 87.9 Å². The molecule has 5 rings (SSSR count). The van der Waals surface area contributed by atoms with Crippen molar-refractivity contribution in [3.8, 4) is 11.5 Å². The third-order valence-electron chi connectivity index (χ3n) is 5.84. The summed E-state index contributed by atoms with van der Waals surface area (Å²) in [5, 5.41) is 11.7. The number of aromatic nitrogens is 1. The molecule has 9 heteroatoms. The van der Waals surface area contributed by atoms with Crippen LogP contribution in [-0.4, -0.2) is 35.5 Å². The van der Waals surface area contributed by atoms with Crippen LogP contribution < -0.4 is 14.4 Å². The largest absolute Gasteiger partial charge is 0.507 e. The van der Waals surface area contributed by atoms with Gasteiger partial charge in [-0.1, -0.05) is 39.4 Å². The number of methoxy groups -OCH3 is 1. The fourth-order valence-corrected chi connectivity index (χ4v) is 5.61. The second kappa shape index (κ2) is 9.75. The summed E-state index contributed by atoms with van der Waals surface area (Å²) in [5.41, 5.74) is 1.75. The summed E-state index contributed by atoms with van der Waals surface area (Å²) in [6, 6.07) is 18.6. The number of Topliss-reactive ketones (excluding diaryl/α,β-unsaturated/α-hetero) is 1. The Bertz CT molecular complexity index is 1510. The molecule has 2 heterocycles. The van der Waals surface area contributed by atoms with Crippen LogP contribution in [0.25, 0.3) is 16.0 Å². The molecular weight excluding hydrogens is 544 g/mol. The topological polar surface area (TPSA) is 89.0 Å². The number of ketones is 1. The standard InChI is InChI=1S/C27H21BrN2O5S/c1-3-35-18-9-7-15(8-10-18)24(31)22-23(16-5-4-6-17(28)13-16)30(26(33)25(22)32)27-29-20-12-11-19(34-2)14-21(20)36-27/h4-14,23,31H,3H2,1-2H3/t23-/m0/s1. The van der Waals surface area contributed by atoms with Gasteiger partial charge >= 0.3 is 5.91 Å². The lowest BCUT2D eigenvalue weighted by Crippen LogP contribution is -2.29. The number of hydrogen-bond donors (Lipinski definition) is 1. The number of carbonyl (C=O) groups is 2. The number of hydrogen-bond acceptors (Lipinski definition) is 7. The first-order valence-electron chi connectivity index (χ1n) is 11.2. The molecule has 1 amide bonds. The fraction of sp³-hybridized carbons (Fsp3) is 0.148. The molecule has 0 saturated carbocycles. The molecule has 182 valence electrons. The molecule has 1 aliphatic heterocycles. The molecule has 1 fully saturated rings. The van der Waals surface area contributed by atoms with E-state index in [9.17, 15) is 14.7 Å². The first-order valence-corrected chi connectivity index (χ1v) is 12.8. The lowest BCUT2D eigenvalue weighted by molar-refractivity contribution is -0.132. The molecule has 7 nitrogen and oxygen atoms in total. The monoisotopic (exact) mass is 564 g/mol. The van der Waals surface area contributed by atoms with E-state index in [1.54, 1.807) is 43.5 Å². The van der Waals surface area contributed by atoms with E-state index in [4.69, 9.17) is 9.47 Å². The maximum atomic E-state index is 13.4. The molecule has 0 bridgehead atoms. The molecule has 1 saturated heterocycles. The van der Waals surface area contributed by atoms with E-state index in [0.29, 0.717) is 39.9 Å². The molecule has 4 aromatic rings. The zero-order chi connectivity index (χ0) is 25.4. The number of anilines is 1. The Balaban J connectivity index is 1.68. The van der Waals surface area contributed by atoms with Crippen LogP contribution in [0, 0.1) is 0 Å². The number of nitrogens with zero attached hydrogens (tertiary/aromatic N) is 2. The predicted molar refractivity (Wildman–Crippen MR) is 143 cm³/mol. The van der Waals surface area contributed by atoms with Crippen molar-refractivity contribution in [3.63, 3.8) is 0 Å². The van der Waals surface area contributed by atoms with Gasteiger partial charge in [0, 0.05) is 10.0 Å². The van der Waals surface area contributed by atoms with E-state index in [1.165, 1.54) is 16.2 Å². The summed E-state index contributed by atoms with van der Waals surface area (Å²) >= 11 is 4.76. The van der Waals surface area contributed by atoms with Crippen LogP contribution in [0.5, 0.6) is 11.5 Å². The van der Waals surface area contributed by atoms with Crippen LogP contribution in [0.4, 0.5) is 5.13 Å². The zero-order valence-electron chi connectivity index (χ0n) is 19.4. The van der Waals surface area contributed by atoms with E-state index in [0.717, 1.165) is 9.17 Å². The highest BCUT2D eigenvalue weighted by atomic mass is 79.9. The van der Waals surface area contributed by atoms with Crippen LogP contribution in [0.15, 0.2) is 76.8 Å². The maximum absolute atomic E-state index is 13.4. The van der Waals surface area contributed by atoms with Crippen molar-refractivity contribution >= 4 is 60.1 Å². The highest BCUT2D eigenvalue weighted by Gasteiger charge is 2.48. The van der Waals surface area contributed by atoms with E-state index in [-0.39, 0.29) is 11.3 Å². The minimum atomic E-state index is -0.864. The molecule has 1 aromatic heterocycles. The number of halogens is 1. The van der Waals surface area contributed by atoms with Gasteiger partial charge in [0.05, 0.1) is 35.5 Å². The van der Waals surface area contributed by atoms with Crippen molar-refractivity contribution in [1.82, 2.24) is 4.98 Å². The number of aliphatic hydroxyl groups excluding tert-OH is 1. The minimum absolute atomic E-state index is 0.000837. The summed E-state index contributed by atoms with van der Waals surface area (Å²) < 4.78 is 12.4. The van der Waals surface area contributed by atoms with Crippen LogP contribution in [0.1, 0.15) is 24.1 Å². The fourth-order valence-electron chi connectivity index (χ4n) is 4.18. The maximum Gasteiger partial charge on any atom is 0.301 e. The van der Waals surface area contributed by atoms with Gasteiger partial charge in [-0.15, -0.1) is 0 Å². The van der Waals surface area contributed by atoms with E-state index < -0.39 is 17.7 Å². The Hall–Kier alpha value is -3.69. The third-order valence-corrected chi connectivity index (χ3v) is 7.35. The van der Waals surface area contributed by atoms with Crippen LogP contribution in [-0.2, 0) is 9.59 Å². The zero-order valence-corrected chi connectivity index (χ0v) is 21.8. The normalized spacial score (nSPS) is 17.1. The Labute approximate surface area is 219 Å². The third kappa shape index (κ3) is 4.25. The number of thiazole rings is 1. The summed E-state index contributed by atoms with van der Waals surface area (Å²) in [6.45, 7) is 2.39. The molecule has 0 unspecified atom stereocenters. The minimum Gasteiger partial charge on any atom is -0.507 e. The number of carbonyl (C=O) groups excluding carboxylic acids is 2. The lowest BCUT2D eigenvalue weighted by Gasteiger charge is -2.23. The van der Waals surface area contributed by atoms with E-state index >= 15 is 0 Å². The Kier molecular flexibility index (Phi) is 6.51. The number of fused-ring (bicyclic) bond motifs is 1. The molecule has 3 aromatic carbocycles. The van der Waals surface area contributed by atoms with Crippen LogP contribution >= 0.6 is 27.3 Å². The quantitative estimate of drug-likeness (QED) is 0.173. The Morgan fingerprint density at radius 3 is 2.53 bits per heavy atom. The van der Waals surface area contributed by atoms with Crippen molar-refractivity contribution in [2.24, 2.45) is 0 Å². The van der Waals surface area contributed by atoms with Crippen molar-refractivity contribution in [2.45, 2.75) is 13.0 Å². The predicted octanol–water partition coefficient (Wildman–Crippen LogP) is 6.09. The Morgan fingerprint density at radius 2 is 1.83 bits per heavy atom. The molecule has 1 atom stereocenters. The molecular formula is C27H21BrN2O5S. The highest BCUT2D eigenvalue weighted by molar-refractivity contribution is 9.10. The van der Waals surface area contributed by atoms with Gasteiger partial charge in [0.15, 0.2) is 5.13 Å². The smallest absolute Gasteiger partial charge is 0.301 e. The lowest BCUT2D eigenvalue weighted by atomic mass is 9.95. The van der Waals surface area contributed by atoms with Crippen molar-refractivity contribution in [1.29, 1.82) is 0 Å².